The Balaban J connectivity index is 2.41. The van der Waals surface area contributed by atoms with Gasteiger partial charge < -0.3 is 10.4 Å². The molecule has 0 saturated carbocycles. The van der Waals surface area contributed by atoms with Crippen LogP contribution >= 0.6 is 11.6 Å². The molecule has 2 radical (unpaired) electrons. The van der Waals surface area contributed by atoms with Gasteiger partial charge in [0.15, 0.2) is 0 Å². The Morgan fingerprint density at radius 3 is 2.56 bits per heavy atom. The number of rotatable bonds is 8. The molecule has 18 heavy (non-hydrogen) atoms. The summed E-state index contributed by atoms with van der Waals surface area (Å²) in [7, 11) is 5.39. The molecule has 0 aliphatic rings. The first kappa shape index (κ1) is 15.1. The number of carboxylic acids is 1. The van der Waals surface area contributed by atoms with Crippen molar-refractivity contribution < 1.29 is 9.90 Å². The first-order valence-electron chi connectivity index (χ1n) is 6.04. The maximum atomic E-state index is 11.1. The van der Waals surface area contributed by atoms with E-state index in [4.69, 9.17) is 24.6 Å². The van der Waals surface area contributed by atoms with Crippen LogP contribution in [0.25, 0.3) is 0 Å². The molecule has 2 N–H and O–H groups in total. The van der Waals surface area contributed by atoms with Gasteiger partial charge >= 0.3 is 5.97 Å². The molecule has 0 heterocycles. The summed E-state index contributed by atoms with van der Waals surface area (Å²) in [5.41, 5.74) is 1.02. The second-order valence-electron chi connectivity index (χ2n) is 4.18. The van der Waals surface area contributed by atoms with E-state index in [-0.39, 0.29) is 0 Å². The number of hydrogen-bond acceptors (Lipinski definition) is 2. The minimum absolute atomic E-state index is 0.521. The largest absolute Gasteiger partial charge is 0.480 e. The van der Waals surface area contributed by atoms with Crippen LogP contribution in [0.1, 0.15) is 24.8 Å². The number of hydrogen-bond donors (Lipinski definition) is 2. The molecule has 0 aromatic heterocycles. The molecule has 1 atom stereocenters. The van der Waals surface area contributed by atoms with E-state index >= 15 is 0 Å². The molecule has 1 rings (SSSR count). The number of aliphatic carboxylic acids is 1. The quantitative estimate of drug-likeness (QED) is 0.561. The summed E-state index contributed by atoms with van der Waals surface area (Å²) in [6.07, 6.45) is 2.87. The molecule has 0 aliphatic carbocycles. The molecule has 1 aromatic carbocycles. The number of benzene rings is 1. The van der Waals surface area contributed by atoms with Gasteiger partial charge in [0.25, 0.3) is 0 Å². The van der Waals surface area contributed by atoms with Crippen molar-refractivity contribution in [3.63, 3.8) is 0 Å². The third-order valence-corrected chi connectivity index (χ3v) is 2.96. The fraction of sp³-hybridized carbons (Fsp3) is 0.462. The molecule has 1 unspecified atom stereocenters. The summed E-state index contributed by atoms with van der Waals surface area (Å²) < 4.78 is 0. The number of nitrogens with one attached hydrogen (secondary N) is 1. The number of halogens is 1. The summed E-state index contributed by atoms with van der Waals surface area (Å²) in [6.45, 7) is 0.525. The Kier molecular flexibility index (Phi) is 6.84. The van der Waals surface area contributed by atoms with E-state index in [0.29, 0.717) is 24.3 Å². The summed E-state index contributed by atoms with van der Waals surface area (Å²) >= 11 is 5.78. The summed E-state index contributed by atoms with van der Waals surface area (Å²) in [6, 6.07) is 6.83. The molecule has 96 valence electrons. The van der Waals surface area contributed by atoms with Crippen molar-refractivity contribution in [2.75, 3.05) is 0 Å². The molecule has 3 nitrogen and oxygen atoms in total. The summed E-state index contributed by atoms with van der Waals surface area (Å²) in [4.78, 5) is 11.1. The molecule has 0 spiro atoms. The molecular formula is C13H17BClNO2. The lowest BCUT2D eigenvalue weighted by molar-refractivity contribution is -0.139. The number of unbranched alkanes of at least 4 members (excludes halogenated alkanes) is 1. The predicted octanol–water partition coefficient (Wildman–Crippen LogP) is 2.64. The van der Waals surface area contributed by atoms with Crippen LogP contribution in [-0.4, -0.2) is 25.0 Å². The molecule has 0 bridgehead atoms. The highest BCUT2D eigenvalue weighted by Gasteiger charge is 2.15. The molecule has 5 heteroatoms. The Bertz CT molecular complexity index is 370. The van der Waals surface area contributed by atoms with Gasteiger partial charge in [0.1, 0.15) is 6.04 Å². The van der Waals surface area contributed by atoms with E-state index in [0.717, 1.165) is 18.4 Å². The van der Waals surface area contributed by atoms with Crippen molar-refractivity contribution in [3.8, 4) is 0 Å². The third-order valence-electron chi connectivity index (χ3n) is 2.71. The highest BCUT2D eigenvalue weighted by atomic mass is 35.5. The zero-order chi connectivity index (χ0) is 13.4. The van der Waals surface area contributed by atoms with E-state index in [1.807, 2.05) is 12.1 Å². The normalized spacial score (nSPS) is 12.3. The molecule has 0 aliphatic heterocycles. The average molecular weight is 266 g/mol. The van der Waals surface area contributed by atoms with Crippen LogP contribution in [-0.2, 0) is 11.3 Å². The maximum Gasteiger partial charge on any atom is 0.320 e. The van der Waals surface area contributed by atoms with Crippen LogP contribution in [0.2, 0.25) is 11.3 Å². The molecule has 0 fully saturated rings. The molecular weight excluding hydrogens is 248 g/mol. The molecule has 0 amide bonds. The van der Waals surface area contributed by atoms with Crippen LogP contribution in [0, 0.1) is 0 Å². The SMILES string of the molecule is [B]CCCCC(NCc1ccc(Cl)cc1)C(=O)O. The van der Waals surface area contributed by atoms with Gasteiger partial charge in [-0.15, -0.1) is 0 Å². The summed E-state index contributed by atoms with van der Waals surface area (Å²) in [5.74, 6) is -0.819. The third kappa shape index (κ3) is 5.56. The smallest absolute Gasteiger partial charge is 0.320 e. The lowest BCUT2D eigenvalue weighted by Gasteiger charge is -2.14. The monoisotopic (exact) mass is 265 g/mol. The predicted molar refractivity (Wildman–Crippen MR) is 74.1 cm³/mol. The van der Waals surface area contributed by atoms with E-state index in [9.17, 15) is 4.79 Å². The van der Waals surface area contributed by atoms with Gasteiger partial charge in [-0.2, -0.15) is 0 Å². The van der Waals surface area contributed by atoms with Gasteiger partial charge in [-0.25, -0.2) is 0 Å². The van der Waals surface area contributed by atoms with Gasteiger partial charge in [0.05, 0.1) is 7.85 Å². The highest BCUT2D eigenvalue weighted by Crippen LogP contribution is 2.10. The second kappa shape index (κ2) is 8.17. The summed E-state index contributed by atoms with van der Waals surface area (Å²) in [5, 5.41) is 12.8. The van der Waals surface area contributed by atoms with Crippen LogP contribution in [0.4, 0.5) is 0 Å². The van der Waals surface area contributed by atoms with Crippen molar-refractivity contribution in [2.45, 2.75) is 38.2 Å². The van der Waals surface area contributed by atoms with E-state index in [1.165, 1.54) is 0 Å². The lowest BCUT2D eigenvalue weighted by atomic mass is 9.98. The Labute approximate surface area is 114 Å². The number of carbonyl (C=O) groups is 1. The fourth-order valence-corrected chi connectivity index (χ4v) is 1.77. The van der Waals surface area contributed by atoms with Gasteiger partial charge in [-0.05, 0) is 24.1 Å². The Morgan fingerprint density at radius 1 is 1.33 bits per heavy atom. The zero-order valence-corrected chi connectivity index (χ0v) is 11.0. The van der Waals surface area contributed by atoms with Crippen LogP contribution in [0.15, 0.2) is 24.3 Å². The fourth-order valence-electron chi connectivity index (χ4n) is 1.65. The molecule has 0 saturated heterocycles. The maximum absolute atomic E-state index is 11.1. The van der Waals surface area contributed by atoms with Crippen molar-refractivity contribution in [1.82, 2.24) is 5.32 Å². The zero-order valence-electron chi connectivity index (χ0n) is 10.2. The first-order chi connectivity index (χ1) is 8.63. The Morgan fingerprint density at radius 2 is 2.00 bits per heavy atom. The highest BCUT2D eigenvalue weighted by molar-refractivity contribution is 6.30. The van der Waals surface area contributed by atoms with Crippen molar-refractivity contribution in [2.24, 2.45) is 0 Å². The topological polar surface area (TPSA) is 49.3 Å². The van der Waals surface area contributed by atoms with Gasteiger partial charge in [-0.1, -0.05) is 42.9 Å². The van der Waals surface area contributed by atoms with E-state index < -0.39 is 12.0 Å². The van der Waals surface area contributed by atoms with E-state index in [1.54, 1.807) is 12.1 Å². The molecule has 1 aromatic rings. The van der Waals surface area contributed by atoms with Crippen LogP contribution in [0.5, 0.6) is 0 Å². The lowest BCUT2D eigenvalue weighted by Crippen LogP contribution is -2.36. The van der Waals surface area contributed by atoms with Crippen molar-refractivity contribution in [1.29, 1.82) is 0 Å². The number of carboxylic acid groups (broad SMARTS) is 1. The Hall–Kier alpha value is -0.995. The van der Waals surface area contributed by atoms with Gasteiger partial charge in [-0.3, -0.25) is 4.79 Å². The van der Waals surface area contributed by atoms with Crippen molar-refractivity contribution >= 4 is 25.4 Å². The second-order valence-corrected chi connectivity index (χ2v) is 4.62. The minimum Gasteiger partial charge on any atom is -0.480 e. The minimum atomic E-state index is -0.819. The van der Waals surface area contributed by atoms with Gasteiger partial charge in [0.2, 0.25) is 0 Å². The average Bonchev–Trinajstić information content (AvgIpc) is 2.35. The van der Waals surface area contributed by atoms with E-state index in [2.05, 4.69) is 5.32 Å². The van der Waals surface area contributed by atoms with Crippen LogP contribution < -0.4 is 5.32 Å². The first-order valence-corrected chi connectivity index (χ1v) is 6.42. The van der Waals surface area contributed by atoms with Gasteiger partial charge in [0, 0.05) is 11.6 Å². The van der Waals surface area contributed by atoms with Crippen LogP contribution in [0.3, 0.4) is 0 Å². The van der Waals surface area contributed by atoms with Crippen molar-refractivity contribution in [3.05, 3.63) is 34.9 Å². The standard InChI is InChI=1S/C13H17BClNO2/c14-8-2-1-3-12(13(17)18)16-9-10-4-6-11(15)7-5-10/h4-7,12,16H,1-3,8-9H2,(H,17,18).